The predicted molar refractivity (Wildman–Crippen MR) is 58.6 cm³/mol. The van der Waals surface area contributed by atoms with E-state index in [1.807, 2.05) is 25.2 Å². The molecule has 0 saturated carbocycles. The lowest BCUT2D eigenvalue weighted by Crippen LogP contribution is -2.16. The van der Waals surface area contributed by atoms with Crippen molar-refractivity contribution in [2.75, 3.05) is 0 Å². The summed E-state index contributed by atoms with van der Waals surface area (Å²) in [6.45, 7) is 2.07. The molecule has 1 aromatic heterocycles. The number of rotatable bonds is 1. The minimum atomic E-state index is 0.0700. The Hall–Kier alpha value is -1.57. The van der Waals surface area contributed by atoms with Crippen molar-refractivity contribution in [1.29, 1.82) is 0 Å². The second kappa shape index (κ2) is 3.29. The third kappa shape index (κ3) is 1.23. The van der Waals surface area contributed by atoms with Gasteiger partial charge in [-0.25, -0.2) is 0 Å². The summed E-state index contributed by atoms with van der Waals surface area (Å²) in [6.07, 6.45) is 0.899. The first-order valence-electron chi connectivity index (χ1n) is 4.81. The number of aromatic nitrogens is 1. The summed E-state index contributed by atoms with van der Waals surface area (Å²) >= 11 is 0. The molecule has 2 nitrogen and oxygen atoms in total. The number of pyridine rings is 1. The van der Waals surface area contributed by atoms with Crippen LogP contribution in [0, 0.1) is 0 Å². The highest BCUT2D eigenvalue weighted by Gasteiger charge is 2.03. The fraction of sp³-hybridized carbons (Fsp3) is 0.250. The Labute approximate surface area is 82.8 Å². The second-order valence-electron chi connectivity index (χ2n) is 3.44. The van der Waals surface area contributed by atoms with E-state index in [1.165, 1.54) is 5.39 Å². The van der Waals surface area contributed by atoms with Crippen molar-refractivity contribution in [2.24, 2.45) is 7.05 Å². The predicted octanol–water partition coefficient (Wildman–Crippen LogP) is 2.10. The van der Waals surface area contributed by atoms with Crippen LogP contribution in [0.2, 0.25) is 0 Å². The first-order valence-corrected chi connectivity index (χ1v) is 4.81. The molecule has 0 atom stereocenters. The molecule has 1 aromatic carbocycles. The summed E-state index contributed by atoms with van der Waals surface area (Å²) in [4.78, 5) is 11.6. The molecular weight excluding hydrogens is 174 g/mol. The molecule has 0 spiro atoms. The number of nitrogens with zero attached hydrogens (tertiary/aromatic N) is 1. The van der Waals surface area contributed by atoms with E-state index in [0.29, 0.717) is 0 Å². The molecule has 2 heteroatoms. The molecule has 0 amide bonds. The van der Waals surface area contributed by atoms with Crippen LogP contribution in [0.1, 0.15) is 12.5 Å². The molecular formula is C12H13NO. The van der Waals surface area contributed by atoms with Crippen LogP contribution in [0.15, 0.2) is 35.1 Å². The SMILES string of the molecule is CCc1cc(=O)n(C)c2ccccc12. The number of hydrogen-bond acceptors (Lipinski definition) is 1. The number of hydrogen-bond donors (Lipinski definition) is 0. The first-order chi connectivity index (χ1) is 6.74. The summed E-state index contributed by atoms with van der Waals surface area (Å²) in [6, 6.07) is 9.74. The summed E-state index contributed by atoms with van der Waals surface area (Å²) in [7, 11) is 1.81. The molecule has 0 aliphatic carbocycles. The smallest absolute Gasteiger partial charge is 0.251 e. The zero-order valence-corrected chi connectivity index (χ0v) is 8.45. The minimum Gasteiger partial charge on any atom is -0.311 e. The van der Waals surface area contributed by atoms with E-state index in [2.05, 4.69) is 13.0 Å². The van der Waals surface area contributed by atoms with Gasteiger partial charge in [-0.05, 0) is 18.1 Å². The molecule has 14 heavy (non-hydrogen) atoms. The van der Waals surface area contributed by atoms with Gasteiger partial charge < -0.3 is 4.57 Å². The molecule has 0 aliphatic heterocycles. The topological polar surface area (TPSA) is 22.0 Å². The van der Waals surface area contributed by atoms with Crippen molar-refractivity contribution in [2.45, 2.75) is 13.3 Å². The van der Waals surface area contributed by atoms with Gasteiger partial charge in [-0.1, -0.05) is 25.1 Å². The molecule has 1 heterocycles. The quantitative estimate of drug-likeness (QED) is 0.670. The van der Waals surface area contributed by atoms with E-state index in [9.17, 15) is 4.79 Å². The van der Waals surface area contributed by atoms with Crippen molar-refractivity contribution in [3.63, 3.8) is 0 Å². The maximum atomic E-state index is 11.6. The number of para-hydroxylation sites is 1. The van der Waals surface area contributed by atoms with Crippen LogP contribution in [0.4, 0.5) is 0 Å². The van der Waals surface area contributed by atoms with E-state index in [4.69, 9.17) is 0 Å². The largest absolute Gasteiger partial charge is 0.311 e. The standard InChI is InChI=1S/C12H13NO/c1-3-9-8-12(14)13(2)11-7-5-4-6-10(9)11/h4-8H,3H2,1-2H3. The molecule has 72 valence electrons. The third-order valence-electron chi connectivity index (χ3n) is 2.62. The molecule has 0 N–H and O–H groups in total. The van der Waals surface area contributed by atoms with Crippen molar-refractivity contribution in [1.82, 2.24) is 4.57 Å². The van der Waals surface area contributed by atoms with Gasteiger partial charge in [0.25, 0.3) is 5.56 Å². The third-order valence-corrected chi connectivity index (χ3v) is 2.62. The highest BCUT2D eigenvalue weighted by molar-refractivity contribution is 5.82. The van der Waals surface area contributed by atoms with Gasteiger partial charge in [0.1, 0.15) is 0 Å². The van der Waals surface area contributed by atoms with Crippen LogP contribution in [0.25, 0.3) is 10.9 Å². The Morgan fingerprint density at radius 3 is 2.71 bits per heavy atom. The summed E-state index contributed by atoms with van der Waals surface area (Å²) in [5.74, 6) is 0. The lowest BCUT2D eigenvalue weighted by atomic mass is 10.1. The Bertz CT molecular complexity index is 525. The minimum absolute atomic E-state index is 0.0700. The van der Waals surface area contributed by atoms with E-state index in [0.717, 1.165) is 17.5 Å². The number of benzene rings is 1. The molecule has 0 unspecified atom stereocenters. The second-order valence-corrected chi connectivity index (χ2v) is 3.44. The zero-order chi connectivity index (χ0) is 10.1. The highest BCUT2D eigenvalue weighted by atomic mass is 16.1. The van der Waals surface area contributed by atoms with Crippen molar-refractivity contribution in [3.05, 3.63) is 46.2 Å². The fourth-order valence-electron chi connectivity index (χ4n) is 1.77. The van der Waals surface area contributed by atoms with Crippen LogP contribution in [-0.4, -0.2) is 4.57 Å². The summed E-state index contributed by atoms with van der Waals surface area (Å²) < 4.78 is 1.69. The Kier molecular flexibility index (Phi) is 2.12. The van der Waals surface area contributed by atoms with Gasteiger partial charge in [0.2, 0.25) is 0 Å². The number of fused-ring (bicyclic) bond motifs is 1. The summed E-state index contributed by atoms with van der Waals surface area (Å²) in [5, 5.41) is 1.18. The maximum absolute atomic E-state index is 11.6. The van der Waals surface area contributed by atoms with Gasteiger partial charge in [-0.15, -0.1) is 0 Å². The van der Waals surface area contributed by atoms with Gasteiger partial charge in [0.15, 0.2) is 0 Å². The van der Waals surface area contributed by atoms with Gasteiger partial charge in [0, 0.05) is 18.5 Å². The van der Waals surface area contributed by atoms with Crippen LogP contribution in [0.3, 0.4) is 0 Å². The molecule has 2 aromatic rings. The van der Waals surface area contributed by atoms with E-state index >= 15 is 0 Å². The van der Waals surface area contributed by atoms with Gasteiger partial charge in [-0.2, -0.15) is 0 Å². The van der Waals surface area contributed by atoms with Crippen LogP contribution in [0.5, 0.6) is 0 Å². The van der Waals surface area contributed by atoms with Gasteiger partial charge >= 0.3 is 0 Å². The lowest BCUT2D eigenvalue weighted by molar-refractivity contribution is 0.898. The monoisotopic (exact) mass is 187 g/mol. The molecule has 2 rings (SSSR count). The number of aryl methyl sites for hydroxylation is 2. The van der Waals surface area contributed by atoms with Gasteiger partial charge in [0.05, 0.1) is 5.52 Å². The van der Waals surface area contributed by atoms with Crippen molar-refractivity contribution < 1.29 is 0 Å². The van der Waals surface area contributed by atoms with Crippen LogP contribution in [-0.2, 0) is 13.5 Å². The Morgan fingerprint density at radius 2 is 2.00 bits per heavy atom. The van der Waals surface area contributed by atoms with Crippen LogP contribution >= 0.6 is 0 Å². The van der Waals surface area contributed by atoms with Crippen LogP contribution < -0.4 is 5.56 Å². The normalized spacial score (nSPS) is 10.7. The Morgan fingerprint density at radius 1 is 1.29 bits per heavy atom. The lowest BCUT2D eigenvalue weighted by Gasteiger charge is -2.07. The highest BCUT2D eigenvalue weighted by Crippen LogP contribution is 2.15. The summed E-state index contributed by atoms with van der Waals surface area (Å²) in [5.41, 5.74) is 2.21. The average Bonchev–Trinajstić information content (AvgIpc) is 2.23. The zero-order valence-electron chi connectivity index (χ0n) is 8.45. The molecule has 0 fully saturated rings. The average molecular weight is 187 g/mol. The Balaban J connectivity index is 2.97. The maximum Gasteiger partial charge on any atom is 0.251 e. The molecule has 0 bridgehead atoms. The van der Waals surface area contributed by atoms with E-state index in [1.54, 1.807) is 10.6 Å². The van der Waals surface area contributed by atoms with Gasteiger partial charge in [-0.3, -0.25) is 4.79 Å². The van der Waals surface area contributed by atoms with E-state index < -0.39 is 0 Å². The molecule has 0 saturated heterocycles. The van der Waals surface area contributed by atoms with Crippen molar-refractivity contribution in [3.8, 4) is 0 Å². The first kappa shape index (κ1) is 9.00. The van der Waals surface area contributed by atoms with Crippen molar-refractivity contribution >= 4 is 10.9 Å². The fourth-order valence-corrected chi connectivity index (χ4v) is 1.77. The molecule has 0 radical (unpaired) electrons. The molecule has 0 aliphatic rings. The van der Waals surface area contributed by atoms with E-state index in [-0.39, 0.29) is 5.56 Å².